The van der Waals surface area contributed by atoms with Crippen LogP contribution in [0.1, 0.15) is 30.4 Å². The number of halogens is 1. The highest BCUT2D eigenvalue weighted by Gasteiger charge is 2.12. The Hall–Kier alpha value is -1.15. The van der Waals surface area contributed by atoms with Gasteiger partial charge in [0.1, 0.15) is 5.82 Å². The van der Waals surface area contributed by atoms with Crippen molar-refractivity contribution in [3.63, 3.8) is 0 Å². The van der Waals surface area contributed by atoms with E-state index in [0.717, 1.165) is 30.4 Å². The fourth-order valence-electron chi connectivity index (χ4n) is 1.93. The van der Waals surface area contributed by atoms with E-state index >= 15 is 0 Å². The van der Waals surface area contributed by atoms with E-state index < -0.39 is 0 Å². The number of allylic oxidation sites excluding steroid dienone is 1. The van der Waals surface area contributed by atoms with Crippen LogP contribution in [0.15, 0.2) is 24.3 Å². The van der Waals surface area contributed by atoms with Crippen LogP contribution in [0.4, 0.5) is 4.39 Å². The molecule has 0 saturated heterocycles. The van der Waals surface area contributed by atoms with Gasteiger partial charge in [-0.15, -0.1) is 0 Å². The van der Waals surface area contributed by atoms with Crippen LogP contribution in [0.5, 0.6) is 0 Å². The summed E-state index contributed by atoms with van der Waals surface area (Å²) >= 11 is 0. The van der Waals surface area contributed by atoms with Crippen LogP contribution < -0.4 is 0 Å². The van der Waals surface area contributed by atoms with Gasteiger partial charge in [-0.2, -0.15) is 0 Å². The molecule has 2 rings (SSSR count). The third kappa shape index (κ3) is 2.26. The second-order valence-corrected chi connectivity index (χ2v) is 4.12. The van der Waals surface area contributed by atoms with Gasteiger partial charge in [-0.25, -0.2) is 4.39 Å². The zero-order valence-corrected chi connectivity index (χ0v) is 8.83. The Morgan fingerprint density at radius 2 is 2.20 bits per heavy atom. The molecule has 0 aliphatic heterocycles. The van der Waals surface area contributed by atoms with E-state index in [1.807, 2.05) is 12.1 Å². The second kappa shape index (κ2) is 4.15. The fraction of sp³-hybridized carbons (Fsp3) is 0.385. The SMILES string of the molecule is Cc1ccc(C2=CC(O)CCC2)cc1F. The van der Waals surface area contributed by atoms with Crippen molar-refractivity contribution in [2.75, 3.05) is 0 Å². The van der Waals surface area contributed by atoms with Crippen LogP contribution in [0.25, 0.3) is 5.57 Å². The van der Waals surface area contributed by atoms with E-state index in [-0.39, 0.29) is 11.9 Å². The third-order valence-corrected chi connectivity index (χ3v) is 2.88. The van der Waals surface area contributed by atoms with Crippen molar-refractivity contribution in [3.8, 4) is 0 Å². The predicted molar refractivity (Wildman–Crippen MR) is 59.0 cm³/mol. The minimum absolute atomic E-state index is 0.173. The molecule has 1 N–H and O–H groups in total. The summed E-state index contributed by atoms with van der Waals surface area (Å²) in [5.74, 6) is -0.173. The molecule has 0 saturated carbocycles. The first kappa shape index (κ1) is 10.4. The first-order chi connectivity index (χ1) is 7.16. The average Bonchev–Trinajstić information content (AvgIpc) is 2.22. The lowest BCUT2D eigenvalue weighted by molar-refractivity contribution is 0.206. The van der Waals surface area contributed by atoms with E-state index in [4.69, 9.17) is 0 Å². The Morgan fingerprint density at radius 3 is 2.87 bits per heavy atom. The Balaban J connectivity index is 2.33. The maximum absolute atomic E-state index is 13.3. The highest BCUT2D eigenvalue weighted by molar-refractivity contribution is 5.67. The lowest BCUT2D eigenvalue weighted by Gasteiger charge is -2.17. The molecule has 1 nitrogen and oxygen atoms in total. The number of aliphatic hydroxyl groups excluding tert-OH is 1. The topological polar surface area (TPSA) is 20.2 Å². The molecule has 0 heterocycles. The summed E-state index contributed by atoms with van der Waals surface area (Å²) in [6, 6.07) is 5.26. The van der Waals surface area contributed by atoms with Gasteiger partial charge in [-0.1, -0.05) is 18.2 Å². The number of benzene rings is 1. The number of rotatable bonds is 1. The minimum atomic E-state index is -0.363. The van der Waals surface area contributed by atoms with Crippen molar-refractivity contribution in [3.05, 3.63) is 41.2 Å². The van der Waals surface area contributed by atoms with Crippen molar-refractivity contribution in [2.24, 2.45) is 0 Å². The normalized spacial score (nSPS) is 21.3. The number of hydrogen-bond donors (Lipinski definition) is 1. The van der Waals surface area contributed by atoms with E-state index in [2.05, 4.69) is 0 Å². The summed E-state index contributed by atoms with van der Waals surface area (Å²) in [5, 5.41) is 9.49. The minimum Gasteiger partial charge on any atom is -0.389 e. The molecule has 0 spiro atoms. The molecule has 1 aliphatic carbocycles. The molecule has 1 atom stereocenters. The predicted octanol–water partition coefficient (Wildman–Crippen LogP) is 3.06. The van der Waals surface area contributed by atoms with Crippen molar-refractivity contribution in [1.82, 2.24) is 0 Å². The molecule has 0 aromatic heterocycles. The highest BCUT2D eigenvalue weighted by atomic mass is 19.1. The standard InChI is InChI=1S/C13H15FO/c1-9-5-6-11(8-13(9)14)10-3-2-4-12(15)7-10/h5-8,12,15H,2-4H2,1H3. The molecule has 80 valence electrons. The van der Waals surface area contributed by atoms with Crippen LogP contribution in [0.2, 0.25) is 0 Å². The zero-order valence-electron chi connectivity index (χ0n) is 8.83. The van der Waals surface area contributed by atoms with Crippen molar-refractivity contribution >= 4 is 5.57 Å². The molecule has 0 bridgehead atoms. The van der Waals surface area contributed by atoms with Crippen LogP contribution in [-0.2, 0) is 0 Å². The van der Waals surface area contributed by atoms with Crippen molar-refractivity contribution in [1.29, 1.82) is 0 Å². The maximum Gasteiger partial charge on any atom is 0.126 e. The number of aryl methyl sites for hydroxylation is 1. The molecule has 0 fully saturated rings. The average molecular weight is 206 g/mol. The monoisotopic (exact) mass is 206 g/mol. The summed E-state index contributed by atoms with van der Waals surface area (Å²) in [6.07, 6.45) is 4.20. The van der Waals surface area contributed by atoms with Gasteiger partial charge in [0, 0.05) is 0 Å². The molecular formula is C13H15FO. The molecule has 15 heavy (non-hydrogen) atoms. The Bertz CT molecular complexity index is 396. The summed E-state index contributed by atoms with van der Waals surface area (Å²) in [4.78, 5) is 0. The Labute approximate surface area is 89.3 Å². The molecule has 1 unspecified atom stereocenters. The molecular weight excluding hydrogens is 191 g/mol. The van der Waals surface area contributed by atoms with Gasteiger partial charge >= 0.3 is 0 Å². The summed E-state index contributed by atoms with van der Waals surface area (Å²) in [7, 11) is 0. The van der Waals surface area contributed by atoms with Gasteiger partial charge in [-0.3, -0.25) is 0 Å². The summed E-state index contributed by atoms with van der Waals surface area (Å²) in [6.45, 7) is 1.75. The van der Waals surface area contributed by atoms with E-state index in [1.165, 1.54) is 0 Å². The molecule has 1 aromatic rings. The summed E-state index contributed by atoms with van der Waals surface area (Å²) in [5.41, 5.74) is 2.63. The molecule has 1 aliphatic rings. The lowest BCUT2D eigenvalue weighted by Crippen LogP contribution is -2.08. The molecule has 2 heteroatoms. The van der Waals surface area contributed by atoms with E-state index in [0.29, 0.717) is 5.56 Å². The lowest BCUT2D eigenvalue weighted by atomic mass is 9.92. The van der Waals surface area contributed by atoms with Crippen LogP contribution in [0.3, 0.4) is 0 Å². The molecule has 1 aromatic carbocycles. The van der Waals surface area contributed by atoms with Gasteiger partial charge < -0.3 is 5.11 Å². The van der Waals surface area contributed by atoms with Gasteiger partial charge in [-0.05, 0) is 49.0 Å². The van der Waals surface area contributed by atoms with Gasteiger partial charge in [0.15, 0.2) is 0 Å². The smallest absolute Gasteiger partial charge is 0.126 e. The first-order valence-electron chi connectivity index (χ1n) is 5.32. The van der Waals surface area contributed by atoms with E-state index in [1.54, 1.807) is 19.1 Å². The Kier molecular flexibility index (Phi) is 2.87. The Morgan fingerprint density at radius 1 is 1.40 bits per heavy atom. The highest BCUT2D eigenvalue weighted by Crippen LogP contribution is 2.27. The second-order valence-electron chi connectivity index (χ2n) is 4.12. The van der Waals surface area contributed by atoms with Crippen molar-refractivity contribution < 1.29 is 9.50 Å². The van der Waals surface area contributed by atoms with Crippen LogP contribution in [0, 0.1) is 12.7 Å². The van der Waals surface area contributed by atoms with Gasteiger partial charge in [0.2, 0.25) is 0 Å². The van der Waals surface area contributed by atoms with Crippen LogP contribution >= 0.6 is 0 Å². The number of aliphatic hydroxyl groups is 1. The van der Waals surface area contributed by atoms with Crippen molar-refractivity contribution in [2.45, 2.75) is 32.3 Å². The fourth-order valence-corrected chi connectivity index (χ4v) is 1.93. The van der Waals surface area contributed by atoms with Crippen LogP contribution in [-0.4, -0.2) is 11.2 Å². The summed E-state index contributed by atoms with van der Waals surface area (Å²) < 4.78 is 13.3. The first-order valence-corrected chi connectivity index (χ1v) is 5.32. The third-order valence-electron chi connectivity index (χ3n) is 2.88. The van der Waals surface area contributed by atoms with Gasteiger partial charge in [0.05, 0.1) is 6.10 Å². The van der Waals surface area contributed by atoms with Gasteiger partial charge in [0.25, 0.3) is 0 Å². The molecule has 0 radical (unpaired) electrons. The zero-order chi connectivity index (χ0) is 10.8. The quantitative estimate of drug-likeness (QED) is 0.748. The largest absolute Gasteiger partial charge is 0.389 e. The van der Waals surface area contributed by atoms with E-state index in [9.17, 15) is 9.50 Å². The maximum atomic E-state index is 13.3. The molecule has 0 amide bonds. The number of hydrogen-bond acceptors (Lipinski definition) is 1.